The Labute approximate surface area is 185 Å². The van der Waals surface area contributed by atoms with E-state index in [1.807, 2.05) is 20.0 Å². The third kappa shape index (κ3) is 6.38. The SMILES string of the molecule is C[C@H](CCC(C)(C)[Si](C)(C)O)NCC(=O)Nc1cccc(-c2ccccc2Cl)c1F. The maximum Gasteiger partial charge on any atom is 0.238 e. The summed E-state index contributed by atoms with van der Waals surface area (Å²) >= 11 is 6.19. The summed E-state index contributed by atoms with van der Waals surface area (Å²) in [5, 5.41) is 6.17. The highest BCUT2D eigenvalue weighted by Gasteiger charge is 2.37. The molecule has 2 aromatic rings. The number of anilines is 1. The van der Waals surface area contributed by atoms with Gasteiger partial charge in [0.2, 0.25) is 5.91 Å². The second-order valence-corrected chi connectivity index (χ2v) is 13.8. The molecule has 0 aromatic heterocycles. The van der Waals surface area contributed by atoms with Gasteiger partial charge in [-0.1, -0.05) is 55.8 Å². The van der Waals surface area contributed by atoms with Crippen molar-refractivity contribution in [1.82, 2.24) is 5.32 Å². The summed E-state index contributed by atoms with van der Waals surface area (Å²) in [6.45, 7) is 10.2. The van der Waals surface area contributed by atoms with Crippen LogP contribution in [-0.2, 0) is 4.79 Å². The van der Waals surface area contributed by atoms with Gasteiger partial charge >= 0.3 is 0 Å². The molecule has 0 aliphatic heterocycles. The second-order valence-electron chi connectivity index (χ2n) is 8.96. The molecule has 30 heavy (non-hydrogen) atoms. The van der Waals surface area contributed by atoms with Crippen LogP contribution in [0.3, 0.4) is 0 Å². The molecule has 0 heterocycles. The zero-order valence-corrected chi connectivity index (χ0v) is 20.1. The smallest absolute Gasteiger partial charge is 0.238 e. The highest BCUT2D eigenvalue weighted by Crippen LogP contribution is 2.40. The Kier molecular flexibility index (Phi) is 8.22. The molecule has 0 saturated heterocycles. The first-order chi connectivity index (χ1) is 13.9. The summed E-state index contributed by atoms with van der Waals surface area (Å²) in [7, 11) is -2.25. The average Bonchev–Trinajstić information content (AvgIpc) is 2.66. The molecule has 7 heteroatoms. The predicted molar refractivity (Wildman–Crippen MR) is 126 cm³/mol. The van der Waals surface area contributed by atoms with E-state index in [4.69, 9.17) is 11.6 Å². The van der Waals surface area contributed by atoms with E-state index < -0.39 is 14.1 Å². The normalized spacial score (nSPS) is 13.2. The molecule has 0 aliphatic rings. The maximum absolute atomic E-state index is 14.9. The monoisotopic (exact) mass is 450 g/mol. The number of nitrogens with one attached hydrogen (secondary N) is 2. The second kappa shape index (κ2) is 10.0. The molecule has 1 amide bonds. The van der Waals surface area contributed by atoms with E-state index in [0.29, 0.717) is 16.1 Å². The molecule has 0 bridgehead atoms. The van der Waals surface area contributed by atoms with Crippen molar-refractivity contribution in [1.29, 1.82) is 0 Å². The van der Waals surface area contributed by atoms with Crippen molar-refractivity contribution in [2.75, 3.05) is 11.9 Å². The Balaban J connectivity index is 1.94. The fraction of sp³-hybridized carbons (Fsp3) is 0.435. The minimum Gasteiger partial charge on any atom is -0.432 e. The van der Waals surface area contributed by atoms with Gasteiger partial charge in [-0.25, -0.2) is 4.39 Å². The van der Waals surface area contributed by atoms with Crippen molar-refractivity contribution >= 4 is 31.5 Å². The zero-order valence-electron chi connectivity index (χ0n) is 18.4. The van der Waals surface area contributed by atoms with E-state index in [0.717, 1.165) is 12.8 Å². The number of carbonyl (C=O) groups excluding carboxylic acids is 1. The fourth-order valence-corrected chi connectivity index (χ4v) is 3.96. The Bertz CT molecular complexity index is 884. The van der Waals surface area contributed by atoms with Gasteiger partial charge in [-0.3, -0.25) is 4.79 Å². The number of carbonyl (C=O) groups is 1. The van der Waals surface area contributed by atoms with Gasteiger partial charge in [-0.15, -0.1) is 0 Å². The summed E-state index contributed by atoms with van der Waals surface area (Å²) in [6.07, 6.45) is 1.71. The molecule has 164 valence electrons. The van der Waals surface area contributed by atoms with Crippen LogP contribution in [0, 0.1) is 5.82 Å². The minimum atomic E-state index is -2.25. The molecule has 1 atom stereocenters. The molecule has 0 saturated carbocycles. The number of hydrogen-bond acceptors (Lipinski definition) is 3. The van der Waals surface area contributed by atoms with Gasteiger partial charge in [0.05, 0.1) is 12.2 Å². The Hall–Kier alpha value is -1.73. The minimum absolute atomic E-state index is 0.0807. The summed E-state index contributed by atoms with van der Waals surface area (Å²) in [5.74, 6) is -0.822. The number of benzene rings is 2. The molecule has 4 nitrogen and oxygen atoms in total. The first-order valence-corrected chi connectivity index (χ1v) is 13.5. The van der Waals surface area contributed by atoms with Crippen LogP contribution >= 0.6 is 11.6 Å². The summed E-state index contributed by atoms with van der Waals surface area (Å²) in [4.78, 5) is 22.7. The van der Waals surface area contributed by atoms with Crippen LogP contribution in [0.1, 0.15) is 33.6 Å². The van der Waals surface area contributed by atoms with Crippen LogP contribution in [0.15, 0.2) is 42.5 Å². The van der Waals surface area contributed by atoms with Gasteiger partial charge < -0.3 is 15.4 Å². The molecule has 0 aliphatic carbocycles. The first-order valence-electron chi connectivity index (χ1n) is 10.2. The van der Waals surface area contributed by atoms with Gasteiger partial charge in [-0.05, 0) is 50.0 Å². The quantitative estimate of drug-likeness (QED) is 0.422. The average molecular weight is 451 g/mol. The van der Waals surface area contributed by atoms with E-state index in [9.17, 15) is 14.0 Å². The van der Waals surface area contributed by atoms with Crippen LogP contribution in [0.4, 0.5) is 10.1 Å². The van der Waals surface area contributed by atoms with E-state index >= 15 is 0 Å². The highest BCUT2D eigenvalue weighted by atomic mass is 35.5. The topological polar surface area (TPSA) is 61.4 Å². The van der Waals surface area contributed by atoms with Crippen LogP contribution in [0.25, 0.3) is 11.1 Å². The van der Waals surface area contributed by atoms with E-state index in [1.54, 1.807) is 36.4 Å². The molecule has 0 unspecified atom stereocenters. The molecule has 0 fully saturated rings. The standard InChI is InChI=1S/C23H32ClFN2O2Si/c1-16(13-14-23(2,3)30(4,5)29)26-15-21(28)27-20-12-8-10-18(22(20)25)17-9-6-7-11-19(17)24/h6-12,16,26,29H,13-15H2,1-5H3,(H,27,28)/t16-/m1/s1. The molecule has 3 N–H and O–H groups in total. The molecule has 0 radical (unpaired) electrons. The highest BCUT2D eigenvalue weighted by molar-refractivity contribution is 6.72. The summed E-state index contributed by atoms with van der Waals surface area (Å²) in [6, 6.07) is 12.0. The van der Waals surface area contributed by atoms with E-state index in [1.165, 1.54) is 6.07 Å². The van der Waals surface area contributed by atoms with Crippen molar-refractivity contribution in [3.05, 3.63) is 53.3 Å². The lowest BCUT2D eigenvalue weighted by atomic mass is 10.0. The maximum atomic E-state index is 14.9. The Morgan fingerprint density at radius 2 is 1.80 bits per heavy atom. The van der Waals surface area contributed by atoms with Crippen molar-refractivity contribution in [3.63, 3.8) is 0 Å². The van der Waals surface area contributed by atoms with E-state index in [2.05, 4.69) is 24.5 Å². The molecular weight excluding hydrogens is 419 g/mol. The molecular formula is C23H32ClFN2O2Si. The lowest BCUT2D eigenvalue weighted by Gasteiger charge is -2.35. The molecule has 2 rings (SSSR count). The van der Waals surface area contributed by atoms with Crippen LogP contribution in [0.2, 0.25) is 23.2 Å². The summed E-state index contributed by atoms with van der Waals surface area (Å²) < 4.78 is 14.9. The molecule has 2 aromatic carbocycles. The van der Waals surface area contributed by atoms with Crippen molar-refractivity contribution < 1.29 is 14.0 Å². The summed E-state index contributed by atoms with van der Waals surface area (Å²) in [5.41, 5.74) is 1.05. The van der Waals surface area contributed by atoms with Crippen LogP contribution < -0.4 is 10.6 Å². The van der Waals surface area contributed by atoms with Crippen molar-refractivity contribution in [3.8, 4) is 11.1 Å². The van der Waals surface area contributed by atoms with Gasteiger partial charge in [0.25, 0.3) is 0 Å². The first kappa shape index (κ1) is 24.5. The third-order valence-corrected chi connectivity index (χ3v) is 9.80. The lowest BCUT2D eigenvalue weighted by Crippen LogP contribution is -2.40. The fourth-order valence-electron chi connectivity index (χ4n) is 2.96. The van der Waals surface area contributed by atoms with Crippen molar-refractivity contribution in [2.45, 2.75) is 57.8 Å². The van der Waals surface area contributed by atoms with Gasteiger partial charge in [0, 0.05) is 22.2 Å². The predicted octanol–water partition coefficient (Wildman–Crippen LogP) is 5.82. The Morgan fingerprint density at radius 3 is 2.43 bits per heavy atom. The number of hydrogen-bond donors (Lipinski definition) is 3. The molecule has 0 spiro atoms. The third-order valence-electron chi connectivity index (χ3n) is 5.91. The van der Waals surface area contributed by atoms with Gasteiger partial charge in [-0.2, -0.15) is 0 Å². The number of amides is 1. The van der Waals surface area contributed by atoms with Crippen LogP contribution in [-0.4, -0.2) is 31.6 Å². The van der Waals surface area contributed by atoms with Crippen LogP contribution in [0.5, 0.6) is 0 Å². The van der Waals surface area contributed by atoms with Crippen molar-refractivity contribution in [2.24, 2.45) is 0 Å². The number of halogens is 2. The van der Waals surface area contributed by atoms with Gasteiger partial charge in [0.15, 0.2) is 14.1 Å². The number of rotatable bonds is 9. The Morgan fingerprint density at radius 1 is 1.17 bits per heavy atom. The largest absolute Gasteiger partial charge is 0.432 e. The zero-order chi connectivity index (χ0) is 22.5. The van der Waals surface area contributed by atoms with Gasteiger partial charge in [0.1, 0.15) is 0 Å². The lowest BCUT2D eigenvalue weighted by molar-refractivity contribution is -0.115. The van der Waals surface area contributed by atoms with E-state index in [-0.39, 0.29) is 29.2 Å².